The summed E-state index contributed by atoms with van der Waals surface area (Å²) in [6.45, 7) is 16.3. The van der Waals surface area contributed by atoms with E-state index in [0.29, 0.717) is 17.8 Å². The molecule has 1 N–H and O–H groups in total. The van der Waals surface area contributed by atoms with Gasteiger partial charge in [-0.2, -0.15) is 0 Å². The highest BCUT2D eigenvalue weighted by atomic mass is 16.5. The van der Waals surface area contributed by atoms with Crippen molar-refractivity contribution in [2.45, 2.75) is 59.8 Å². The topological polar surface area (TPSA) is 21.3 Å². The SMILES string of the molecule is CC(C)CNCCCOc1c(C(C)C)cccc1C(C)C. The van der Waals surface area contributed by atoms with Gasteiger partial charge in [-0.25, -0.2) is 0 Å². The fraction of sp³-hybridized carbons (Fsp3) is 0.684. The average molecular weight is 291 g/mol. The molecule has 0 aliphatic rings. The Morgan fingerprint density at radius 2 is 1.52 bits per heavy atom. The molecule has 0 amide bonds. The lowest BCUT2D eigenvalue weighted by Crippen LogP contribution is -2.22. The van der Waals surface area contributed by atoms with Crippen molar-refractivity contribution in [2.24, 2.45) is 5.92 Å². The quantitative estimate of drug-likeness (QED) is 0.650. The number of ether oxygens (including phenoxy) is 1. The second-order valence-electron chi connectivity index (χ2n) is 6.87. The van der Waals surface area contributed by atoms with Gasteiger partial charge in [0, 0.05) is 0 Å². The highest BCUT2D eigenvalue weighted by Gasteiger charge is 2.14. The molecule has 0 saturated carbocycles. The van der Waals surface area contributed by atoms with Crippen molar-refractivity contribution in [2.75, 3.05) is 19.7 Å². The van der Waals surface area contributed by atoms with Gasteiger partial charge in [0.25, 0.3) is 0 Å². The van der Waals surface area contributed by atoms with Gasteiger partial charge in [0.1, 0.15) is 5.75 Å². The van der Waals surface area contributed by atoms with Gasteiger partial charge < -0.3 is 10.1 Å². The number of hydrogen-bond acceptors (Lipinski definition) is 2. The zero-order valence-electron chi connectivity index (χ0n) is 14.7. The molecule has 21 heavy (non-hydrogen) atoms. The Kier molecular flexibility index (Phi) is 7.81. The van der Waals surface area contributed by atoms with Crippen LogP contribution in [0.25, 0.3) is 0 Å². The van der Waals surface area contributed by atoms with E-state index in [0.717, 1.165) is 31.9 Å². The lowest BCUT2D eigenvalue weighted by atomic mass is 9.94. The summed E-state index contributed by atoms with van der Waals surface area (Å²) >= 11 is 0. The molecule has 1 aromatic carbocycles. The van der Waals surface area contributed by atoms with Crippen LogP contribution in [0.1, 0.15) is 70.9 Å². The molecular weight excluding hydrogens is 258 g/mol. The van der Waals surface area contributed by atoms with Gasteiger partial charge in [-0.3, -0.25) is 0 Å². The van der Waals surface area contributed by atoms with Gasteiger partial charge in [-0.15, -0.1) is 0 Å². The highest BCUT2D eigenvalue weighted by molar-refractivity contribution is 5.44. The molecule has 0 saturated heterocycles. The van der Waals surface area contributed by atoms with E-state index in [9.17, 15) is 0 Å². The first-order valence-electron chi connectivity index (χ1n) is 8.39. The number of nitrogens with one attached hydrogen (secondary N) is 1. The minimum Gasteiger partial charge on any atom is -0.493 e. The maximum absolute atomic E-state index is 6.16. The van der Waals surface area contributed by atoms with Crippen LogP contribution in [-0.2, 0) is 0 Å². The van der Waals surface area contributed by atoms with E-state index in [1.165, 1.54) is 11.1 Å². The molecule has 0 atom stereocenters. The fourth-order valence-electron chi connectivity index (χ4n) is 2.41. The van der Waals surface area contributed by atoms with Crippen LogP contribution >= 0.6 is 0 Å². The van der Waals surface area contributed by atoms with Gasteiger partial charge in [0.2, 0.25) is 0 Å². The fourth-order valence-corrected chi connectivity index (χ4v) is 2.41. The summed E-state index contributed by atoms with van der Waals surface area (Å²) in [6, 6.07) is 6.55. The molecule has 0 aliphatic carbocycles. The Hall–Kier alpha value is -1.02. The molecule has 0 spiro atoms. The molecule has 0 radical (unpaired) electrons. The van der Waals surface area contributed by atoms with E-state index >= 15 is 0 Å². The predicted molar refractivity (Wildman–Crippen MR) is 92.4 cm³/mol. The normalized spacial score (nSPS) is 11.7. The molecular formula is C19H33NO. The molecule has 120 valence electrons. The lowest BCUT2D eigenvalue weighted by Gasteiger charge is -2.20. The standard InChI is InChI=1S/C19H33NO/c1-14(2)13-20-11-8-12-21-19-17(15(3)4)9-7-10-18(19)16(5)6/h7,9-10,14-16,20H,8,11-13H2,1-6H3. The van der Waals surface area contributed by atoms with Crippen molar-refractivity contribution in [3.8, 4) is 5.75 Å². The van der Waals surface area contributed by atoms with Crippen molar-refractivity contribution < 1.29 is 4.74 Å². The number of benzene rings is 1. The molecule has 1 aromatic rings. The average Bonchev–Trinajstić information content (AvgIpc) is 2.41. The van der Waals surface area contributed by atoms with Crippen molar-refractivity contribution in [3.05, 3.63) is 29.3 Å². The van der Waals surface area contributed by atoms with E-state index in [1.54, 1.807) is 0 Å². The summed E-state index contributed by atoms with van der Waals surface area (Å²) in [5.74, 6) is 2.82. The largest absolute Gasteiger partial charge is 0.493 e. The number of para-hydroxylation sites is 1. The second-order valence-corrected chi connectivity index (χ2v) is 6.87. The van der Waals surface area contributed by atoms with E-state index in [1.807, 2.05) is 0 Å². The van der Waals surface area contributed by atoms with E-state index in [2.05, 4.69) is 65.1 Å². The smallest absolute Gasteiger partial charge is 0.126 e. The monoisotopic (exact) mass is 291 g/mol. The second kappa shape index (κ2) is 9.09. The molecule has 0 bridgehead atoms. The summed E-state index contributed by atoms with van der Waals surface area (Å²) in [5.41, 5.74) is 2.66. The summed E-state index contributed by atoms with van der Waals surface area (Å²) < 4.78 is 6.16. The first-order chi connectivity index (χ1) is 9.93. The van der Waals surface area contributed by atoms with Crippen LogP contribution in [0.15, 0.2) is 18.2 Å². The van der Waals surface area contributed by atoms with Gasteiger partial charge >= 0.3 is 0 Å². The highest BCUT2D eigenvalue weighted by Crippen LogP contribution is 2.34. The summed E-state index contributed by atoms with van der Waals surface area (Å²) in [5, 5.41) is 3.47. The van der Waals surface area contributed by atoms with E-state index in [4.69, 9.17) is 4.74 Å². The number of hydrogen-bond donors (Lipinski definition) is 1. The van der Waals surface area contributed by atoms with Crippen molar-refractivity contribution in [1.82, 2.24) is 5.32 Å². The Morgan fingerprint density at radius 1 is 0.952 bits per heavy atom. The van der Waals surface area contributed by atoms with Crippen LogP contribution < -0.4 is 10.1 Å². The molecule has 2 nitrogen and oxygen atoms in total. The molecule has 0 fully saturated rings. The van der Waals surface area contributed by atoms with Crippen LogP contribution in [0.4, 0.5) is 0 Å². The third kappa shape index (κ3) is 6.09. The Balaban J connectivity index is 2.60. The third-order valence-electron chi connectivity index (χ3n) is 3.62. The van der Waals surface area contributed by atoms with Crippen LogP contribution in [0, 0.1) is 5.92 Å². The molecule has 2 heteroatoms. The van der Waals surface area contributed by atoms with Crippen LogP contribution in [0.5, 0.6) is 5.75 Å². The molecule has 1 rings (SSSR count). The minimum absolute atomic E-state index is 0.498. The summed E-state index contributed by atoms with van der Waals surface area (Å²) in [4.78, 5) is 0. The summed E-state index contributed by atoms with van der Waals surface area (Å²) in [6.07, 6.45) is 1.05. The van der Waals surface area contributed by atoms with Crippen molar-refractivity contribution >= 4 is 0 Å². The first kappa shape index (κ1) is 18.0. The van der Waals surface area contributed by atoms with Crippen LogP contribution in [-0.4, -0.2) is 19.7 Å². The van der Waals surface area contributed by atoms with Gasteiger partial charge in [-0.05, 0) is 48.4 Å². The Labute approximate surface area is 131 Å². The zero-order valence-corrected chi connectivity index (χ0v) is 14.7. The van der Waals surface area contributed by atoms with E-state index in [-0.39, 0.29) is 0 Å². The minimum atomic E-state index is 0.498. The van der Waals surface area contributed by atoms with Crippen molar-refractivity contribution in [3.63, 3.8) is 0 Å². The Bertz CT molecular complexity index is 384. The molecule has 0 aliphatic heterocycles. The van der Waals surface area contributed by atoms with Gasteiger partial charge in [-0.1, -0.05) is 59.7 Å². The first-order valence-corrected chi connectivity index (χ1v) is 8.39. The number of rotatable bonds is 9. The van der Waals surface area contributed by atoms with Crippen LogP contribution in [0.2, 0.25) is 0 Å². The molecule has 0 aromatic heterocycles. The maximum atomic E-state index is 6.16. The van der Waals surface area contributed by atoms with Crippen LogP contribution in [0.3, 0.4) is 0 Å². The van der Waals surface area contributed by atoms with E-state index < -0.39 is 0 Å². The lowest BCUT2D eigenvalue weighted by molar-refractivity contribution is 0.299. The maximum Gasteiger partial charge on any atom is 0.126 e. The molecule has 0 unspecified atom stereocenters. The predicted octanol–water partition coefficient (Wildman–Crippen LogP) is 4.95. The zero-order chi connectivity index (χ0) is 15.8. The van der Waals surface area contributed by atoms with Crippen molar-refractivity contribution in [1.29, 1.82) is 0 Å². The Morgan fingerprint density at radius 3 is 2.00 bits per heavy atom. The summed E-state index contributed by atoms with van der Waals surface area (Å²) in [7, 11) is 0. The van der Waals surface area contributed by atoms with Gasteiger partial charge in [0.15, 0.2) is 0 Å². The third-order valence-corrected chi connectivity index (χ3v) is 3.62. The molecule has 0 heterocycles. The van der Waals surface area contributed by atoms with Gasteiger partial charge in [0.05, 0.1) is 6.61 Å².